The van der Waals surface area contributed by atoms with Gasteiger partial charge in [0.25, 0.3) is 0 Å². The van der Waals surface area contributed by atoms with Crippen molar-refractivity contribution >= 4 is 23.6 Å². The molecule has 1 fully saturated rings. The second-order valence-corrected chi connectivity index (χ2v) is 5.89. The molecule has 1 amide bonds. The molecule has 1 rings (SSSR count). The lowest BCUT2D eigenvalue weighted by Gasteiger charge is -2.28. The molecule has 0 saturated heterocycles. The van der Waals surface area contributed by atoms with Crippen LogP contribution in [0, 0.1) is 0 Å². The Hall–Kier alpha value is -0.750. The molecule has 1 aliphatic carbocycles. The summed E-state index contributed by atoms with van der Waals surface area (Å²) < 4.78 is 0. The molecule has 0 aromatic heterocycles. The highest BCUT2D eigenvalue weighted by molar-refractivity contribution is 7.99. The van der Waals surface area contributed by atoms with Gasteiger partial charge in [0.15, 0.2) is 0 Å². The van der Waals surface area contributed by atoms with Crippen molar-refractivity contribution in [1.82, 2.24) is 5.32 Å². The maximum Gasteiger partial charge on any atom is 0.303 e. The number of hydrogen-bond acceptors (Lipinski definition) is 4. The van der Waals surface area contributed by atoms with E-state index in [0.29, 0.717) is 5.25 Å². The average molecular weight is 274 g/mol. The normalized spacial score (nSPS) is 25.4. The van der Waals surface area contributed by atoms with Crippen molar-refractivity contribution in [3.05, 3.63) is 0 Å². The van der Waals surface area contributed by atoms with Crippen LogP contribution in [0.1, 0.15) is 38.5 Å². The van der Waals surface area contributed by atoms with E-state index in [4.69, 9.17) is 10.8 Å². The summed E-state index contributed by atoms with van der Waals surface area (Å²) in [7, 11) is 0. The molecule has 0 aromatic carbocycles. The molecule has 18 heavy (non-hydrogen) atoms. The summed E-state index contributed by atoms with van der Waals surface area (Å²) in [6, 6.07) is -0.504. The van der Waals surface area contributed by atoms with Crippen LogP contribution in [0.25, 0.3) is 0 Å². The van der Waals surface area contributed by atoms with Gasteiger partial charge in [-0.1, -0.05) is 0 Å². The van der Waals surface area contributed by atoms with Crippen molar-refractivity contribution in [1.29, 1.82) is 0 Å². The lowest BCUT2D eigenvalue weighted by atomic mass is 9.94. The minimum Gasteiger partial charge on any atom is -0.481 e. The zero-order valence-electron chi connectivity index (χ0n) is 10.7. The topological polar surface area (TPSA) is 92.4 Å². The number of carbonyl (C=O) groups is 2. The first-order valence-corrected chi connectivity index (χ1v) is 7.62. The molecule has 0 aromatic rings. The van der Waals surface area contributed by atoms with Gasteiger partial charge in [-0.05, 0) is 38.4 Å². The summed E-state index contributed by atoms with van der Waals surface area (Å²) >= 11 is 1.88. The van der Waals surface area contributed by atoms with Crippen molar-refractivity contribution in [3.63, 3.8) is 0 Å². The van der Waals surface area contributed by atoms with E-state index in [1.807, 2.05) is 11.8 Å². The van der Waals surface area contributed by atoms with Gasteiger partial charge in [0.05, 0.1) is 6.04 Å². The highest BCUT2D eigenvalue weighted by Gasteiger charge is 2.23. The maximum absolute atomic E-state index is 11.7. The summed E-state index contributed by atoms with van der Waals surface area (Å²) in [6.07, 6.45) is 6.47. The van der Waals surface area contributed by atoms with E-state index >= 15 is 0 Å². The number of rotatable bonds is 6. The Morgan fingerprint density at radius 1 is 1.39 bits per heavy atom. The number of amides is 1. The average Bonchev–Trinajstić information content (AvgIpc) is 2.36. The Labute approximate surface area is 112 Å². The molecule has 6 heteroatoms. The van der Waals surface area contributed by atoms with Gasteiger partial charge in [-0.15, -0.1) is 0 Å². The van der Waals surface area contributed by atoms with Crippen LogP contribution < -0.4 is 11.1 Å². The van der Waals surface area contributed by atoms with Crippen molar-refractivity contribution in [2.45, 2.75) is 55.9 Å². The third-order valence-electron chi connectivity index (χ3n) is 3.36. The van der Waals surface area contributed by atoms with E-state index in [0.717, 1.165) is 25.7 Å². The Morgan fingerprint density at radius 3 is 2.50 bits per heavy atom. The summed E-state index contributed by atoms with van der Waals surface area (Å²) in [6.45, 7) is 0. The molecule has 1 aliphatic rings. The molecular weight excluding hydrogens is 252 g/mol. The van der Waals surface area contributed by atoms with Gasteiger partial charge >= 0.3 is 5.97 Å². The van der Waals surface area contributed by atoms with Crippen LogP contribution in [0.5, 0.6) is 0 Å². The van der Waals surface area contributed by atoms with E-state index in [9.17, 15) is 9.59 Å². The van der Waals surface area contributed by atoms with Crippen LogP contribution in [0.3, 0.4) is 0 Å². The lowest BCUT2D eigenvalue weighted by Crippen LogP contribution is -2.46. The van der Waals surface area contributed by atoms with E-state index in [2.05, 4.69) is 11.6 Å². The Kier molecular flexibility index (Phi) is 6.49. The van der Waals surface area contributed by atoms with Crippen LogP contribution in [0.2, 0.25) is 0 Å². The molecule has 4 N–H and O–H groups in total. The first-order chi connectivity index (χ1) is 8.52. The third-order valence-corrected chi connectivity index (χ3v) is 4.50. The summed E-state index contributed by atoms with van der Waals surface area (Å²) in [5.74, 6) is -1.14. The van der Waals surface area contributed by atoms with E-state index in [-0.39, 0.29) is 24.8 Å². The predicted molar refractivity (Wildman–Crippen MR) is 72.5 cm³/mol. The van der Waals surface area contributed by atoms with Crippen LogP contribution in [-0.4, -0.2) is 40.6 Å². The highest BCUT2D eigenvalue weighted by Crippen LogP contribution is 2.26. The molecule has 1 atom stereocenters. The predicted octanol–water partition coefficient (Wildman–Crippen LogP) is 0.969. The zero-order chi connectivity index (χ0) is 13.5. The van der Waals surface area contributed by atoms with Gasteiger partial charge in [0, 0.05) is 17.7 Å². The van der Waals surface area contributed by atoms with Crippen LogP contribution in [0.15, 0.2) is 0 Å². The standard InChI is InChI=1S/C12H22N2O3S/c1-18-9-4-2-8(3-5-9)14-12(17)10(13)6-7-11(15)16/h8-10H,2-7,13H2,1H3,(H,14,17)(H,15,16). The van der Waals surface area contributed by atoms with Gasteiger partial charge in [0.1, 0.15) is 0 Å². The van der Waals surface area contributed by atoms with Crippen LogP contribution in [-0.2, 0) is 9.59 Å². The fourth-order valence-electron chi connectivity index (χ4n) is 2.16. The molecule has 0 radical (unpaired) electrons. The molecule has 5 nitrogen and oxygen atoms in total. The SMILES string of the molecule is CSC1CCC(NC(=O)C(N)CCC(=O)O)CC1. The summed E-state index contributed by atoms with van der Waals surface area (Å²) in [5.41, 5.74) is 5.66. The van der Waals surface area contributed by atoms with Gasteiger partial charge < -0.3 is 16.2 Å². The van der Waals surface area contributed by atoms with Crippen molar-refractivity contribution < 1.29 is 14.7 Å². The monoisotopic (exact) mass is 274 g/mol. The fourth-order valence-corrected chi connectivity index (χ4v) is 2.90. The quantitative estimate of drug-likeness (QED) is 0.671. The number of carboxylic acids is 1. The van der Waals surface area contributed by atoms with Crippen LogP contribution >= 0.6 is 11.8 Å². The van der Waals surface area contributed by atoms with Gasteiger partial charge in [-0.2, -0.15) is 11.8 Å². The fraction of sp³-hybridized carbons (Fsp3) is 0.833. The molecule has 104 valence electrons. The number of aliphatic carboxylic acids is 1. The summed E-state index contributed by atoms with van der Waals surface area (Å²) in [4.78, 5) is 22.1. The first-order valence-electron chi connectivity index (χ1n) is 6.33. The minimum atomic E-state index is -0.918. The molecule has 0 bridgehead atoms. The first kappa shape index (κ1) is 15.3. The Bertz CT molecular complexity index is 291. The number of nitrogens with one attached hydrogen (secondary N) is 1. The molecule has 1 saturated carbocycles. The van der Waals surface area contributed by atoms with Crippen molar-refractivity contribution in [2.24, 2.45) is 5.73 Å². The zero-order valence-corrected chi connectivity index (χ0v) is 11.5. The molecule has 0 spiro atoms. The van der Waals surface area contributed by atoms with Gasteiger partial charge in [-0.3, -0.25) is 9.59 Å². The lowest BCUT2D eigenvalue weighted by molar-refractivity contribution is -0.137. The van der Waals surface area contributed by atoms with Crippen molar-refractivity contribution in [2.75, 3.05) is 6.26 Å². The van der Waals surface area contributed by atoms with Gasteiger partial charge in [-0.25, -0.2) is 0 Å². The van der Waals surface area contributed by atoms with Crippen molar-refractivity contribution in [3.8, 4) is 0 Å². The second-order valence-electron chi connectivity index (χ2n) is 4.76. The number of carbonyl (C=O) groups excluding carboxylic acids is 1. The van der Waals surface area contributed by atoms with E-state index < -0.39 is 12.0 Å². The highest BCUT2D eigenvalue weighted by atomic mass is 32.2. The molecule has 1 unspecified atom stereocenters. The number of hydrogen-bond donors (Lipinski definition) is 3. The summed E-state index contributed by atoms with van der Waals surface area (Å²) in [5, 5.41) is 12.2. The largest absolute Gasteiger partial charge is 0.481 e. The number of carboxylic acid groups (broad SMARTS) is 1. The van der Waals surface area contributed by atoms with Crippen LogP contribution in [0.4, 0.5) is 0 Å². The van der Waals surface area contributed by atoms with Gasteiger partial charge in [0.2, 0.25) is 5.91 Å². The number of thioether (sulfide) groups is 1. The smallest absolute Gasteiger partial charge is 0.303 e. The second kappa shape index (κ2) is 7.63. The Morgan fingerprint density at radius 2 is 2.00 bits per heavy atom. The minimum absolute atomic E-state index is 0.0617. The third kappa shape index (κ3) is 5.27. The molecule has 0 heterocycles. The molecular formula is C12H22N2O3S. The Balaban J connectivity index is 2.25. The molecule has 0 aliphatic heterocycles. The van der Waals surface area contributed by atoms with E-state index in [1.54, 1.807) is 0 Å². The number of nitrogens with two attached hydrogens (primary N) is 1. The van der Waals surface area contributed by atoms with E-state index in [1.165, 1.54) is 0 Å². The maximum atomic E-state index is 11.7.